The average Bonchev–Trinajstić information content (AvgIpc) is 3.35. The molecule has 1 saturated heterocycles. The number of rotatable bonds is 5. The summed E-state index contributed by atoms with van der Waals surface area (Å²) in [5.74, 6) is -1.56. The minimum atomic E-state index is -0.999. The number of hydrogen-bond acceptors (Lipinski definition) is 7. The molecule has 4 rings (SSSR count). The van der Waals surface area contributed by atoms with Gasteiger partial charge in [0.05, 0.1) is 41.7 Å². The van der Waals surface area contributed by atoms with E-state index in [1.165, 1.54) is 31.4 Å². The van der Waals surface area contributed by atoms with Gasteiger partial charge in [-0.15, -0.1) is 0 Å². The molecule has 0 radical (unpaired) electrons. The zero-order valence-corrected chi connectivity index (χ0v) is 18.1. The highest BCUT2D eigenvalue weighted by Gasteiger charge is 2.37. The van der Waals surface area contributed by atoms with Gasteiger partial charge in [-0.2, -0.15) is 0 Å². The van der Waals surface area contributed by atoms with Gasteiger partial charge in [-0.1, -0.05) is 0 Å². The lowest BCUT2D eigenvalue weighted by Gasteiger charge is -2.36. The Kier molecular flexibility index (Phi) is 5.84. The Bertz CT molecular complexity index is 1050. The molecule has 0 bridgehead atoms. The van der Waals surface area contributed by atoms with Crippen molar-refractivity contribution >= 4 is 23.7 Å². The summed E-state index contributed by atoms with van der Waals surface area (Å²) in [6.07, 6.45) is 0.258. The molecule has 2 aliphatic heterocycles. The van der Waals surface area contributed by atoms with Gasteiger partial charge in [0.15, 0.2) is 6.10 Å². The number of fused-ring (bicyclic) bond motifs is 1. The molecule has 0 N–H and O–H groups in total. The summed E-state index contributed by atoms with van der Waals surface area (Å²) in [6, 6.07) is 7.50. The fraction of sp³-hybridized carbons (Fsp3) is 0.391. The van der Waals surface area contributed by atoms with Gasteiger partial charge in [0.2, 0.25) is 0 Å². The van der Waals surface area contributed by atoms with Gasteiger partial charge in [-0.3, -0.25) is 19.3 Å². The topological polar surface area (TPSA) is 106 Å². The number of carbonyl (C=O) groups is 4. The van der Waals surface area contributed by atoms with Crippen molar-refractivity contribution in [2.24, 2.45) is 0 Å². The van der Waals surface area contributed by atoms with Crippen molar-refractivity contribution in [2.75, 3.05) is 13.1 Å². The first-order valence-corrected chi connectivity index (χ1v) is 10.4. The summed E-state index contributed by atoms with van der Waals surface area (Å²) < 4.78 is 16.2. The monoisotopic (exact) mass is 440 g/mol. The van der Waals surface area contributed by atoms with Crippen molar-refractivity contribution in [3.63, 3.8) is 0 Å². The summed E-state index contributed by atoms with van der Waals surface area (Å²) in [6.45, 7) is 6.12. The molecule has 1 aromatic heterocycles. The standard InChI is InChI=1S/C23H24N2O7/c1-13-10-24(11-14(2)31-13)20(26)15(3)32-23(29)16-6-7-18-19(9-16)22(28)25(21(18)27)12-17-5-4-8-30-17/h4-9,13-15H,10-12H2,1-3H3. The summed E-state index contributed by atoms with van der Waals surface area (Å²) in [7, 11) is 0. The third-order valence-electron chi connectivity index (χ3n) is 5.46. The maximum atomic E-state index is 12.7. The van der Waals surface area contributed by atoms with E-state index in [4.69, 9.17) is 13.9 Å². The summed E-state index contributed by atoms with van der Waals surface area (Å²) >= 11 is 0. The number of carbonyl (C=O) groups excluding carboxylic acids is 4. The molecule has 0 saturated carbocycles. The van der Waals surface area contributed by atoms with Crippen molar-refractivity contribution in [2.45, 2.75) is 45.6 Å². The summed E-state index contributed by atoms with van der Waals surface area (Å²) in [5.41, 5.74) is 0.414. The van der Waals surface area contributed by atoms with Crippen molar-refractivity contribution < 1.29 is 33.1 Å². The Morgan fingerprint density at radius 2 is 1.78 bits per heavy atom. The predicted octanol–water partition coefficient (Wildman–Crippen LogP) is 2.26. The quantitative estimate of drug-likeness (QED) is 0.519. The van der Waals surface area contributed by atoms with E-state index in [9.17, 15) is 19.2 Å². The van der Waals surface area contributed by atoms with E-state index in [0.717, 1.165) is 4.90 Å². The van der Waals surface area contributed by atoms with Crippen molar-refractivity contribution in [3.05, 3.63) is 59.0 Å². The number of ether oxygens (including phenoxy) is 2. The Morgan fingerprint density at radius 3 is 2.44 bits per heavy atom. The molecule has 3 amide bonds. The number of esters is 1. The van der Waals surface area contributed by atoms with Gasteiger partial charge in [0.1, 0.15) is 5.76 Å². The highest BCUT2D eigenvalue weighted by Crippen LogP contribution is 2.26. The number of benzene rings is 1. The maximum absolute atomic E-state index is 12.7. The molecule has 9 nitrogen and oxygen atoms in total. The first kappa shape index (κ1) is 21.8. The van der Waals surface area contributed by atoms with Gasteiger partial charge in [-0.25, -0.2) is 4.79 Å². The summed E-state index contributed by atoms with van der Waals surface area (Å²) in [5, 5.41) is 0. The molecular formula is C23H24N2O7. The maximum Gasteiger partial charge on any atom is 0.338 e. The molecule has 1 fully saturated rings. The summed E-state index contributed by atoms with van der Waals surface area (Å²) in [4.78, 5) is 53.4. The normalized spacial score (nSPS) is 21.5. The molecule has 3 heterocycles. The third-order valence-corrected chi connectivity index (χ3v) is 5.46. The molecule has 32 heavy (non-hydrogen) atoms. The second kappa shape index (κ2) is 8.58. The van der Waals surface area contributed by atoms with Crippen LogP contribution in [0.5, 0.6) is 0 Å². The number of hydrogen-bond donors (Lipinski definition) is 0. The number of nitrogens with zero attached hydrogens (tertiary/aromatic N) is 2. The van der Waals surface area contributed by atoms with Crippen molar-refractivity contribution in [1.29, 1.82) is 0 Å². The molecule has 0 aliphatic carbocycles. The largest absolute Gasteiger partial charge is 0.467 e. The van der Waals surface area contributed by atoms with Crippen LogP contribution >= 0.6 is 0 Å². The zero-order chi connectivity index (χ0) is 23.0. The van der Waals surface area contributed by atoms with Crippen LogP contribution in [-0.2, 0) is 20.8 Å². The van der Waals surface area contributed by atoms with E-state index in [2.05, 4.69) is 0 Å². The first-order valence-electron chi connectivity index (χ1n) is 10.4. The number of furan rings is 1. The molecule has 3 atom stereocenters. The Balaban J connectivity index is 1.45. The van der Waals surface area contributed by atoms with E-state index in [-0.39, 0.29) is 41.4 Å². The molecule has 1 aromatic carbocycles. The van der Waals surface area contributed by atoms with Crippen LogP contribution in [0.2, 0.25) is 0 Å². The second-order valence-electron chi connectivity index (χ2n) is 8.08. The van der Waals surface area contributed by atoms with Crippen LogP contribution in [0.3, 0.4) is 0 Å². The third kappa shape index (κ3) is 4.16. The number of imide groups is 1. The smallest absolute Gasteiger partial charge is 0.338 e. The van der Waals surface area contributed by atoms with Crippen molar-refractivity contribution in [3.8, 4) is 0 Å². The molecule has 0 spiro atoms. The van der Waals surface area contributed by atoms with Crippen LogP contribution in [0.1, 0.15) is 57.6 Å². The fourth-order valence-electron chi connectivity index (χ4n) is 4.01. The van der Waals surface area contributed by atoms with E-state index < -0.39 is 23.9 Å². The van der Waals surface area contributed by atoms with Crippen LogP contribution in [0, 0.1) is 0 Å². The lowest BCUT2D eigenvalue weighted by molar-refractivity contribution is -0.151. The van der Waals surface area contributed by atoms with E-state index in [1.807, 2.05) is 13.8 Å². The lowest BCUT2D eigenvalue weighted by Crippen LogP contribution is -2.51. The molecule has 9 heteroatoms. The van der Waals surface area contributed by atoms with Crippen LogP contribution < -0.4 is 0 Å². The molecule has 168 valence electrons. The van der Waals surface area contributed by atoms with Gasteiger partial charge < -0.3 is 18.8 Å². The highest BCUT2D eigenvalue weighted by molar-refractivity contribution is 6.21. The zero-order valence-electron chi connectivity index (χ0n) is 18.1. The van der Waals surface area contributed by atoms with Crippen LogP contribution in [0.15, 0.2) is 41.0 Å². The second-order valence-corrected chi connectivity index (χ2v) is 8.08. The van der Waals surface area contributed by atoms with Gasteiger partial charge in [0.25, 0.3) is 17.7 Å². The van der Waals surface area contributed by atoms with Crippen LogP contribution in [-0.4, -0.2) is 64.9 Å². The van der Waals surface area contributed by atoms with E-state index >= 15 is 0 Å². The van der Waals surface area contributed by atoms with Gasteiger partial charge in [0, 0.05) is 13.1 Å². The Morgan fingerprint density at radius 1 is 1.09 bits per heavy atom. The predicted molar refractivity (Wildman–Crippen MR) is 111 cm³/mol. The number of morpholine rings is 1. The highest BCUT2D eigenvalue weighted by atomic mass is 16.5. The Labute approximate surface area is 184 Å². The van der Waals surface area contributed by atoms with E-state index in [1.54, 1.807) is 17.0 Å². The van der Waals surface area contributed by atoms with Crippen LogP contribution in [0.25, 0.3) is 0 Å². The average molecular weight is 440 g/mol. The van der Waals surface area contributed by atoms with Crippen molar-refractivity contribution in [1.82, 2.24) is 9.80 Å². The molecule has 2 aliphatic rings. The van der Waals surface area contributed by atoms with E-state index in [0.29, 0.717) is 18.8 Å². The molecular weight excluding hydrogens is 416 g/mol. The lowest BCUT2D eigenvalue weighted by atomic mass is 10.1. The molecule has 2 aromatic rings. The first-order chi connectivity index (χ1) is 15.2. The minimum Gasteiger partial charge on any atom is -0.467 e. The van der Waals surface area contributed by atoms with Gasteiger partial charge in [-0.05, 0) is 51.1 Å². The fourth-order valence-corrected chi connectivity index (χ4v) is 4.01. The van der Waals surface area contributed by atoms with Crippen LogP contribution in [0.4, 0.5) is 0 Å². The Hall–Kier alpha value is -3.46. The minimum absolute atomic E-state index is 0.00105. The molecule has 3 unspecified atom stereocenters. The SMILES string of the molecule is CC1CN(C(=O)C(C)OC(=O)c2ccc3c(c2)C(=O)N(Cc2ccco2)C3=O)CC(C)O1. The van der Waals surface area contributed by atoms with Gasteiger partial charge >= 0.3 is 5.97 Å². The number of amides is 3.